The Bertz CT molecular complexity index is 628. The summed E-state index contributed by atoms with van der Waals surface area (Å²) in [5.74, 6) is -1.83. The zero-order valence-electron chi connectivity index (χ0n) is 11.8. The number of halogens is 4. The molecule has 0 radical (unpaired) electrons. The molecule has 1 heterocycles. The molecule has 0 fully saturated rings. The molecule has 0 saturated heterocycles. The molecule has 2 rings (SSSR count). The molecule has 0 N–H and O–H groups in total. The lowest BCUT2D eigenvalue weighted by atomic mass is 10.2. The van der Waals surface area contributed by atoms with E-state index in [4.69, 9.17) is 4.74 Å². The maximum absolute atomic E-state index is 14.1. The van der Waals surface area contributed by atoms with E-state index in [1.807, 2.05) is 0 Å². The third-order valence-electron chi connectivity index (χ3n) is 3.05. The maximum Gasteiger partial charge on any atom is 0.398 e. The van der Waals surface area contributed by atoms with E-state index in [0.717, 1.165) is 11.0 Å². The fraction of sp³-hybridized carbons (Fsp3) is 0.357. The molecule has 8 heteroatoms. The molecule has 0 atom stereocenters. The van der Waals surface area contributed by atoms with E-state index < -0.39 is 23.7 Å². The monoisotopic (exact) mass is 335 g/mol. The SMILES string of the molecule is COC1=CC(=O)N(c2cc(SCC(F)(F)F)c(C)cc2F)C1. The van der Waals surface area contributed by atoms with Crippen LogP contribution in [0.4, 0.5) is 23.2 Å². The second-order valence-electron chi connectivity index (χ2n) is 4.71. The fourth-order valence-electron chi connectivity index (χ4n) is 1.99. The zero-order valence-corrected chi connectivity index (χ0v) is 12.6. The van der Waals surface area contributed by atoms with Crippen LogP contribution in [0.1, 0.15) is 5.56 Å². The number of anilines is 1. The van der Waals surface area contributed by atoms with Crippen LogP contribution in [0.5, 0.6) is 0 Å². The summed E-state index contributed by atoms with van der Waals surface area (Å²) < 4.78 is 56.0. The van der Waals surface area contributed by atoms with E-state index in [1.165, 1.54) is 26.2 Å². The van der Waals surface area contributed by atoms with Crippen LogP contribution in [0.15, 0.2) is 28.9 Å². The molecule has 1 aliphatic rings. The van der Waals surface area contributed by atoms with Gasteiger partial charge in [-0.25, -0.2) is 4.39 Å². The molecule has 3 nitrogen and oxygen atoms in total. The van der Waals surface area contributed by atoms with E-state index >= 15 is 0 Å². The number of ether oxygens (including phenoxy) is 1. The van der Waals surface area contributed by atoms with Gasteiger partial charge in [-0.2, -0.15) is 13.2 Å². The van der Waals surface area contributed by atoms with Gasteiger partial charge in [-0.3, -0.25) is 9.69 Å². The second kappa shape index (κ2) is 6.20. The lowest BCUT2D eigenvalue weighted by molar-refractivity contribution is -0.113. The highest BCUT2D eigenvalue weighted by Crippen LogP contribution is 2.34. The zero-order chi connectivity index (χ0) is 16.5. The Kier molecular flexibility index (Phi) is 4.69. The van der Waals surface area contributed by atoms with Crippen molar-refractivity contribution >= 4 is 23.4 Å². The van der Waals surface area contributed by atoms with Gasteiger partial charge in [-0.1, -0.05) is 0 Å². The van der Waals surface area contributed by atoms with Crippen molar-refractivity contribution in [3.05, 3.63) is 35.3 Å². The Hall–Kier alpha value is -1.70. The van der Waals surface area contributed by atoms with E-state index in [9.17, 15) is 22.4 Å². The van der Waals surface area contributed by atoms with Gasteiger partial charge in [0.25, 0.3) is 5.91 Å². The predicted octanol–water partition coefficient (Wildman–Crippen LogP) is 3.67. The topological polar surface area (TPSA) is 29.5 Å². The minimum Gasteiger partial charge on any atom is -0.499 e. The molecular weight excluding hydrogens is 322 g/mol. The van der Waals surface area contributed by atoms with Crippen LogP contribution in [0.2, 0.25) is 0 Å². The number of carbonyl (C=O) groups is 1. The van der Waals surface area contributed by atoms with Gasteiger partial charge in [-0.15, -0.1) is 11.8 Å². The number of methoxy groups -OCH3 is 1. The van der Waals surface area contributed by atoms with Crippen molar-refractivity contribution in [2.45, 2.75) is 18.0 Å². The molecule has 1 amide bonds. The Labute approximate surface area is 128 Å². The van der Waals surface area contributed by atoms with Gasteiger partial charge in [-0.05, 0) is 24.6 Å². The van der Waals surface area contributed by atoms with Crippen LogP contribution in [-0.4, -0.2) is 31.5 Å². The highest BCUT2D eigenvalue weighted by atomic mass is 32.2. The third kappa shape index (κ3) is 3.73. The van der Waals surface area contributed by atoms with Crippen molar-refractivity contribution < 1.29 is 27.1 Å². The average molecular weight is 335 g/mol. The van der Waals surface area contributed by atoms with Gasteiger partial charge in [0.05, 0.1) is 25.1 Å². The number of benzene rings is 1. The van der Waals surface area contributed by atoms with Gasteiger partial charge in [0, 0.05) is 11.0 Å². The smallest absolute Gasteiger partial charge is 0.398 e. The summed E-state index contributed by atoms with van der Waals surface area (Å²) in [4.78, 5) is 13.2. The number of aryl methyl sites for hydroxylation is 1. The highest BCUT2D eigenvalue weighted by Gasteiger charge is 2.29. The lowest BCUT2D eigenvalue weighted by Gasteiger charge is -2.19. The number of hydrogen-bond donors (Lipinski definition) is 0. The van der Waals surface area contributed by atoms with Crippen LogP contribution < -0.4 is 4.90 Å². The van der Waals surface area contributed by atoms with Crippen LogP contribution >= 0.6 is 11.8 Å². The molecule has 0 aliphatic carbocycles. The molecular formula is C14H13F4NO2S. The van der Waals surface area contributed by atoms with Crippen molar-refractivity contribution in [1.82, 2.24) is 0 Å². The normalized spacial score (nSPS) is 15.3. The van der Waals surface area contributed by atoms with Crippen molar-refractivity contribution in [1.29, 1.82) is 0 Å². The van der Waals surface area contributed by atoms with Crippen molar-refractivity contribution in [3.63, 3.8) is 0 Å². The van der Waals surface area contributed by atoms with Crippen LogP contribution in [0, 0.1) is 12.7 Å². The Morgan fingerprint density at radius 2 is 2.05 bits per heavy atom. The third-order valence-corrected chi connectivity index (χ3v) is 4.28. The molecule has 0 spiro atoms. The van der Waals surface area contributed by atoms with Gasteiger partial charge in [0.15, 0.2) is 0 Å². The van der Waals surface area contributed by atoms with Gasteiger partial charge < -0.3 is 4.74 Å². The Balaban J connectivity index is 2.28. The van der Waals surface area contributed by atoms with E-state index in [0.29, 0.717) is 23.1 Å². The Morgan fingerprint density at radius 1 is 1.36 bits per heavy atom. The first-order valence-electron chi connectivity index (χ1n) is 6.27. The molecule has 1 aliphatic heterocycles. The molecule has 0 unspecified atom stereocenters. The number of nitrogens with zero attached hydrogens (tertiary/aromatic N) is 1. The first-order chi connectivity index (χ1) is 10.2. The Morgan fingerprint density at radius 3 is 2.59 bits per heavy atom. The molecule has 0 saturated carbocycles. The summed E-state index contributed by atoms with van der Waals surface area (Å²) in [5, 5.41) is 0. The lowest BCUT2D eigenvalue weighted by Crippen LogP contribution is -2.26. The van der Waals surface area contributed by atoms with Crippen molar-refractivity contribution in [2.75, 3.05) is 24.3 Å². The minimum atomic E-state index is -4.32. The molecule has 22 heavy (non-hydrogen) atoms. The van der Waals surface area contributed by atoms with E-state index in [-0.39, 0.29) is 17.1 Å². The van der Waals surface area contributed by atoms with Crippen molar-refractivity contribution in [3.8, 4) is 0 Å². The second-order valence-corrected chi connectivity index (χ2v) is 5.73. The first-order valence-corrected chi connectivity index (χ1v) is 7.25. The number of alkyl halides is 3. The molecule has 120 valence electrons. The summed E-state index contributed by atoms with van der Waals surface area (Å²) in [6.07, 6.45) is -3.10. The largest absolute Gasteiger partial charge is 0.499 e. The summed E-state index contributed by atoms with van der Waals surface area (Å²) >= 11 is 0.566. The predicted molar refractivity (Wildman–Crippen MR) is 75.4 cm³/mol. The minimum absolute atomic E-state index is 0.0522. The number of hydrogen-bond acceptors (Lipinski definition) is 3. The van der Waals surface area contributed by atoms with Gasteiger partial charge in [0.2, 0.25) is 0 Å². The number of carbonyl (C=O) groups excluding carboxylic acids is 1. The van der Waals surface area contributed by atoms with E-state index in [1.54, 1.807) is 0 Å². The summed E-state index contributed by atoms with van der Waals surface area (Å²) in [7, 11) is 1.39. The van der Waals surface area contributed by atoms with Gasteiger partial charge >= 0.3 is 6.18 Å². The maximum atomic E-state index is 14.1. The molecule has 0 aromatic heterocycles. The van der Waals surface area contributed by atoms with Crippen molar-refractivity contribution in [2.24, 2.45) is 0 Å². The first kappa shape index (κ1) is 16.7. The number of thioether (sulfide) groups is 1. The highest BCUT2D eigenvalue weighted by molar-refractivity contribution is 7.99. The van der Waals surface area contributed by atoms with Gasteiger partial charge in [0.1, 0.15) is 11.6 Å². The molecule has 1 aromatic carbocycles. The van der Waals surface area contributed by atoms with Crippen LogP contribution in [-0.2, 0) is 9.53 Å². The van der Waals surface area contributed by atoms with E-state index in [2.05, 4.69) is 0 Å². The number of amides is 1. The summed E-state index contributed by atoms with van der Waals surface area (Å²) in [6.45, 7) is 1.58. The fourth-order valence-corrected chi connectivity index (χ4v) is 2.79. The molecule has 1 aromatic rings. The summed E-state index contributed by atoms with van der Waals surface area (Å²) in [5.41, 5.74) is 0.339. The van der Waals surface area contributed by atoms with Crippen LogP contribution in [0.3, 0.4) is 0 Å². The summed E-state index contributed by atoms with van der Waals surface area (Å²) in [6, 6.07) is 2.40. The number of rotatable bonds is 4. The standard InChI is InChI=1S/C14H13F4NO2S/c1-8-3-10(15)11(5-12(8)22-7-14(16,17)18)19-6-9(21-2)4-13(19)20/h3-5H,6-7H2,1-2H3. The molecule has 0 bridgehead atoms. The van der Waals surface area contributed by atoms with Crippen LogP contribution in [0.25, 0.3) is 0 Å². The quantitative estimate of drug-likeness (QED) is 0.621. The average Bonchev–Trinajstić information content (AvgIpc) is 2.78.